The van der Waals surface area contributed by atoms with E-state index in [1.165, 1.54) is 6.07 Å². The zero-order valence-electron chi connectivity index (χ0n) is 11.0. The number of halogens is 3. The Kier molecular flexibility index (Phi) is 6.92. The average molecular weight is 280 g/mol. The lowest BCUT2D eigenvalue weighted by Crippen LogP contribution is -2.15. The van der Waals surface area contributed by atoms with Crippen LogP contribution < -0.4 is 4.74 Å². The number of carbonyl (C=O) groups is 1. The van der Waals surface area contributed by atoms with Gasteiger partial charge in [-0.05, 0) is 12.1 Å². The molecular formula is C12H15F3O4. The van der Waals surface area contributed by atoms with Crippen molar-refractivity contribution in [3.63, 3.8) is 0 Å². The van der Waals surface area contributed by atoms with Crippen LogP contribution in [0, 0.1) is 0 Å². The first-order valence-electron chi connectivity index (χ1n) is 5.06. The third-order valence-electron chi connectivity index (χ3n) is 1.93. The van der Waals surface area contributed by atoms with E-state index in [0.29, 0.717) is 0 Å². The molecule has 0 heterocycles. The van der Waals surface area contributed by atoms with Crippen molar-refractivity contribution in [2.75, 3.05) is 28.4 Å². The summed E-state index contributed by atoms with van der Waals surface area (Å²) < 4.78 is 51.2. The van der Waals surface area contributed by atoms with E-state index in [-0.39, 0.29) is 0 Å². The minimum atomic E-state index is -4.67. The van der Waals surface area contributed by atoms with Gasteiger partial charge in [0.1, 0.15) is 11.3 Å². The van der Waals surface area contributed by atoms with Crippen LogP contribution >= 0.6 is 0 Å². The first-order valence-corrected chi connectivity index (χ1v) is 5.06. The SMILES string of the molecule is COC.COC(=O)c1cccc(OC)c1C(F)(F)F. The molecule has 4 nitrogen and oxygen atoms in total. The number of rotatable bonds is 2. The molecule has 1 rings (SSSR count). The van der Waals surface area contributed by atoms with Gasteiger partial charge in [0.2, 0.25) is 0 Å². The highest BCUT2D eigenvalue weighted by molar-refractivity contribution is 5.92. The molecule has 0 saturated heterocycles. The maximum absolute atomic E-state index is 12.7. The van der Waals surface area contributed by atoms with Gasteiger partial charge in [0, 0.05) is 14.2 Å². The molecule has 1 aromatic carbocycles. The van der Waals surface area contributed by atoms with E-state index < -0.39 is 29.0 Å². The van der Waals surface area contributed by atoms with E-state index in [4.69, 9.17) is 0 Å². The fourth-order valence-electron chi connectivity index (χ4n) is 1.27. The minimum absolute atomic E-state index is 0.407. The molecule has 0 amide bonds. The first kappa shape index (κ1) is 17.2. The molecule has 1 aromatic rings. The van der Waals surface area contributed by atoms with Crippen LogP contribution in [-0.2, 0) is 15.7 Å². The average Bonchev–Trinajstić information content (AvgIpc) is 2.36. The summed E-state index contributed by atoms with van der Waals surface area (Å²) in [6, 6.07) is 3.47. The largest absolute Gasteiger partial charge is 0.496 e. The van der Waals surface area contributed by atoms with E-state index in [1.54, 1.807) is 14.2 Å². The van der Waals surface area contributed by atoms with Crippen molar-refractivity contribution in [1.82, 2.24) is 0 Å². The standard InChI is InChI=1S/C10H9F3O3.C2H6O/c1-15-7-5-3-4-6(9(14)16-2)8(7)10(11,12)13;1-3-2/h3-5H,1-2H3;1-2H3. The molecule has 0 N–H and O–H groups in total. The molecule has 0 aliphatic heterocycles. The van der Waals surface area contributed by atoms with Crippen LogP contribution in [0.1, 0.15) is 15.9 Å². The molecule has 0 radical (unpaired) electrons. The summed E-state index contributed by atoms with van der Waals surface area (Å²) in [6.07, 6.45) is -4.67. The number of ether oxygens (including phenoxy) is 3. The number of methoxy groups -OCH3 is 3. The molecule has 0 bridgehead atoms. The van der Waals surface area contributed by atoms with Crippen molar-refractivity contribution >= 4 is 5.97 Å². The topological polar surface area (TPSA) is 44.8 Å². The zero-order valence-corrected chi connectivity index (χ0v) is 11.0. The highest BCUT2D eigenvalue weighted by Gasteiger charge is 2.39. The van der Waals surface area contributed by atoms with Crippen LogP contribution in [0.4, 0.5) is 13.2 Å². The Bertz CT molecular complexity index is 416. The predicted molar refractivity (Wildman–Crippen MR) is 62.3 cm³/mol. The van der Waals surface area contributed by atoms with E-state index in [0.717, 1.165) is 26.4 Å². The lowest BCUT2D eigenvalue weighted by molar-refractivity contribution is -0.139. The van der Waals surface area contributed by atoms with Crippen LogP contribution in [0.3, 0.4) is 0 Å². The number of hydrogen-bond acceptors (Lipinski definition) is 4. The molecule has 0 saturated carbocycles. The van der Waals surface area contributed by atoms with Crippen molar-refractivity contribution in [2.24, 2.45) is 0 Å². The van der Waals surface area contributed by atoms with Gasteiger partial charge >= 0.3 is 12.1 Å². The number of alkyl halides is 3. The Hall–Kier alpha value is -1.76. The van der Waals surface area contributed by atoms with Gasteiger partial charge in [-0.2, -0.15) is 13.2 Å². The quantitative estimate of drug-likeness (QED) is 0.781. The molecule has 7 heteroatoms. The molecule has 0 aromatic heterocycles. The monoisotopic (exact) mass is 280 g/mol. The summed E-state index contributed by atoms with van der Waals surface area (Å²) in [7, 11) is 5.37. The molecule has 0 aliphatic rings. The maximum Gasteiger partial charge on any atom is 0.420 e. The normalized spacial score (nSPS) is 10.3. The van der Waals surface area contributed by atoms with Crippen molar-refractivity contribution < 1.29 is 32.2 Å². The van der Waals surface area contributed by atoms with E-state index in [1.807, 2.05) is 0 Å². The Morgan fingerprint density at radius 2 is 1.63 bits per heavy atom. The summed E-state index contributed by atoms with van der Waals surface area (Å²) in [4.78, 5) is 11.2. The molecule has 0 atom stereocenters. The fourth-order valence-corrected chi connectivity index (χ4v) is 1.27. The summed E-state index contributed by atoms with van der Waals surface area (Å²) in [5.41, 5.74) is -1.68. The number of carbonyl (C=O) groups excluding carboxylic acids is 1. The number of benzene rings is 1. The van der Waals surface area contributed by atoms with Crippen LogP contribution in [0.15, 0.2) is 18.2 Å². The Morgan fingerprint density at radius 3 is 2.00 bits per heavy atom. The van der Waals surface area contributed by atoms with Crippen LogP contribution in [0.2, 0.25) is 0 Å². The van der Waals surface area contributed by atoms with Gasteiger partial charge in [0.15, 0.2) is 0 Å². The van der Waals surface area contributed by atoms with Crippen LogP contribution in [0.5, 0.6) is 5.75 Å². The van der Waals surface area contributed by atoms with Crippen molar-refractivity contribution in [2.45, 2.75) is 6.18 Å². The molecule has 0 aliphatic carbocycles. The van der Waals surface area contributed by atoms with Crippen LogP contribution in [0.25, 0.3) is 0 Å². The third kappa shape index (κ3) is 4.78. The maximum atomic E-state index is 12.7. The van der Waals surface area contributed by atoms with E-state index in [2.05, 4.69) is 14.2 Å². The van der Waals surface area contributed by atoms with Gasteiger partial charge in [-0.1, -0.05) is 6.07 Å². The van der Waals surface area contributed by atoms with E-state index >= 15 is 0 Å². The zero-order chi connectivity index (χ0) is 15.1. The van der Waals surface area contributed by atoms with Crippen molar-refractivity contribution in [3.8, 4) is 5.75 Å². The van der Waals surface area contributed by atoms with Gasteiger partial charge in [0.05, 0.1) is 19.8 Å². The smallest absolute Gasteiger partial charge is 0.420 e. The Balaban J connectivity index is 0.000000982. The van der Waals surface area contributed by atoms with Gasteiger partial charge in [-0.25, -0.2) is 4.79 Å². The molecule has 0 fully saturated rings. The summed E-state index contributed by atoms with van der Waals surface area (Å²) >= 11 is 0. The molecular weight excluding hydrogens is 265 g/mol. The summed E-state index contributed by atoms with van der Waals surface area (Å²) in [5.74, 6) is -1.46. The number of hydrogen-bond donors (Lipinski definition) is 0. The Morgan fingerprint density at radius 1 is 1.11 bits per heavy atom. The molecule has 19 heavy (non-hydrogen) atoms. The molecule has 0 spiro atoms. The molecule has 108 valence electrons. The Labute approximate surface area is 109 Å². The number of esters is 1. The highest BCUT2D eigenvalue weighted by Crippen LogP contribution is 2.38. The van der Waals surface area contributed by atoms with Crippen molar-refractivity contribution in [3.05, 3.63) is 29.3 Å². The minimum Gasteiger partial charge on any atom is -0.496 e. The second-order valence-corrected chi connectivity index (χ2v) is 3.28. The predicted octanol–water partition coefficient (Wildman–Crippen LogP) is 2.76. The van der Waals surface area contributed by atoms with E-state index in [9.17, 15) is 18.0 Å². The van der Waals surface area contributed by atoms with Gasteiger partial charge < -0.3 is 14.2 Å². The lowest BCUT2D eigenvalue weighted by atomic mass is 10.1. The van der Waals surface area contributed by atoms with Gasteiger partial charge in [0.25, 0.3) is 0 Å². The highest BCUT2D eigenvalue weighted by atomic mass is 19.4. The first-order chi connectivity index (χ1) is 8.83. The third-order valence-corrected chi connectivity index (χ3v) is 1.93. The van der Waals surface area contributed by atoms with Crippen LogP contribution in [-0.4, -0.2) is 34.4 Å². The lowest BCUT2D eigenvalue weighted by Gasteiger charge is -2.14. The van der Waals surface area contributed by atoms with Gasteiger partial charge in [-0.15, -0.1) is 0 Å². The summed E-state index contributed by atoms with van der Waals surface area (Å²) in [6.45, 7) is 0. The fraction of sp³-hybridized carbons (Fsp3) is 0.417. The van der Waals surface area contributed by atoms with Gasteiger partial charge in [-0.3, -0.25) is 0 Å². The molecule has 0 unspecified atom stereocenters. The second-order valence-electron chi connectivity index (χ2n) is 3.28. The summed E-state index contributed by atoms with van der Waals surface area (Å²) in [5, 5.41) is 0. The van der Waals surface area contributed by atoms with Crippen molar-refractivity contribution in [1.29, 1.82) is 0 Å². The second kappa shape index (κ2) is 7.63.